The molecule has 3 amide bonds. The molecule has 10 heteroatoms. The number of benzene rings is 5. The molecular formula is C51H57N5O5. The van der Waals surface area contributed by atoms with Gasteiger partial charge in [0, 0.05) is 50.7 Å². The van der Waals surface area contributed by atoms with Crippen LogP contribution in [0.15, 0.2) is 157 Å². The van der Waals surface area contributed by atoms with Crippen LogP contribution in [0.2, 0.25) is 0 Å². The van der Waals surface area contributed by atoms with E-state index in [1.807, 2.05) is 140 Å². The van der Waals surface area contributed by atoms with Crippen LogP contribution in [0.5, 0.6) is 0 Å². The lowest BCUT2D eigenvalue weighted by Gasteiger charge is -2.26. The highest BCUT2D eigenvalue weighted by Crippen LogP contribution is 2.16. The molecule has 0 bridgehead atoms. The fourth-order valence-corrected chi connectivity index (χ4v) is 6.96. The molecule has 0 spiro atoms. The van der Waals surface area contributed by atoms with Crippen molar-refractivity contribution in [3.63, 3.8) is 0 Å². The Balaban J connectivity index is 1.39. The summed E-state index contributed by atoms with van der Waals surface area (Å²) in [6.07, 6.45) is 6.15. The Hall–Kier alpha value is -6.81. The average Bonchev–Trinajstić information content (AvgIpc) is 3.29. The summed E-state index contributed by atoms with van der Waals surface area (Å²) in [4.78, 5) is 63.0. The second kappa shape index (κ2) is 24.3. The van der Waals surface area contributed by atoms with Crippen molar-refractivity contribution in [1.82, 2.24) is 16.0 Å². The molecular weight excluding hydrogens is 763 g/mol. The fourth-order valence-electron chi connectivity index (χ4n) is 6.96. The molecule has 10 nitrogen and oxygen atoms in total. The third-order valence-corrected chi connectivity index (χ3v) is 10.2. The Morgan fingerprint density at radius 2 is 0.951 bits per heavy atom. The number of hydrogen-bond acceptors (Lipinski definition) is 7. The number of rotatable bonds is 22. The molecule has 316 valence electrons. The number of carbonyl (C=O) groups is 4. The number of aliphatic imine (C=N–C) groups is 1. The van der Waals surface area contributed by atoms with Gasteiger partial charge in [0.2, 0.25) is 17.7 Å². The topological polar surface area (TPSA) is 129 Å². The van der Waals surface area contributed by atoms with Gasteiger partial charge in [-0.2, -0.15) is 0 Å². The van der Waals surface area contributed by atoms with Gasteiger partial charge in [0.25, 0.3) is 0 Å². The molecule has 0 saturated carbocycles. The normalized spacial score (nSPS) is 13.2. The molecule has 0 heterocycles. The van der Waals surface area contributed by atoms with Crippen molar-refractivity contribution in [2.45, 2.75) is 70.6 Å². The largest absolute Gasteiger partial charge is 0.464 e. The lowest BCUT2D eigenvalue weighted by Crippen LogP contribution is -2.58. The van der Waals surface area contributed by atoms with Crippen molar-refractivity contribution in [2.24, 2.45) is 4.99 Å². The van der Waals surface area contributed by atoms with Crippen molar-refractivity contribution in [3.8, 4) is 0 Å². The van der Waals surface area contributed by atoms with Crippen LogP contribution >= 0.6 is 0 Å². The first-order valence-electron chi connectivity index (χ1n) is 21.0. The number of ether oxygens (including phenoxy) is 1. The smallest absolute Gasteiger partial charge is 0.328 e. The molecule has 0 aliphatic carbocycles. The summed E-state index contributed by atoms with van der Waals surface area (Å²) in [5, 5.41) is 8.79. The first kappa shape index (κ1) is 45.3. The predicted octanol–water partition coefficient (Wildman–Crippen LogP) is 6.97. The van der Waals surface area contributed by atoms with Crippen molar-refractivity contribution in [2.75, 3.05) is 24.6 Å². The zero-order chi connectivity index (χ0) is 43.2. The van der Waals surface area contributed by atoms with Gasteiger partial charge in [-0.05, 0) is 66.8 Å². The van der Waals surface area contributed by atoms with Gasteiger partial charge in [0.15, 0.2) is 0 Å². The third-order valence-electron chi connectivity index (χ3n) is 10.2. The molecule has 5 aromatic rings. The summed E-state index contributed by atoms with van der Waals surface area (Å²) in [7, 11) is 0. The number of anilines is 1. The lowest BCUT2D eigenvalue weighted by atomic mass is 10.0. The van der Waals surface area contributed by atoms with Gasteiger partial charge in [-0.15, -0.1) is 0 Å². The minimum atomic E-state index is -1.10. The maximum Gasteiger partial charge on any atom is 0.328 e. The Morgan fingerprint density at radius 3 is 1.39 bits per heavy atom. The van der Waals surface area contributed by atoms with Crippen LogP contribution in [0.25, 0.3) is 6.08 Å². The number of amides is 3. The van der Waals surface area contributed by atoms with E-state index in [0.29, 0.717) is 6.42 Å². The molecule has 0 aliphatic rings. The van der Waals surface area contributed by atoms with Gasteiger partial charge < -0.3 is 25.6 Å². The van der Waals surface area contributed by atoms with E-state index in [0.717, 1.165) is 46.6 Å². The van der Waals surface area contributed by atoms with Crippen LogP contribution in [-0.2, 0) is 49.6 Å². The molecule has 0 radical (unpaired) electrons. The molecule has 61 heavy (non-hydrogen) atoms. The lowest BCUT2D eigenvalue weighted by molar-refractivity contribution is -0.147. The third kappa shape index (κ3) is 14.8. The standard InChI is InChI=1S/C51H57N5O5/c1-4-56(5-2)43-31-29-38(30-32-43)28-19-33-52-44(34-39-20-11-7-12-21-39)48(57)53-45(35-40-22-13-8-14-23-40)49(58)54-46(36-41-24-15-9-16-25-41)50(59)55-47(51(60)61-6-3)37-42-26-17-10-18-27-42/h7-33,44-47H,4-6,34-37H2,1-3H3,(H,53,57)(H,54,58)(H,55,59)/b28-19+,52-33?/t44-,45-,46-,47-/m0/s1. The summed E-state index contributed by atoms with van der Waals surface area (Å²) in [5.41, 5.74) is 5.51. The second-order valence-electron chi connectivity index (χ2n) is 14.6. The zero-order valence-electron chi connectivity index (χ0n) is 35.3. The first-order chi connectivity index (χ1) is 29.8. The van der Waals surface area contributed by atoms with Gasteiger partial charge in [-0.3, -0.25) is 19.4 Å². The highest BCUT2D eigenvalue weighted by atomic mass is 16.5. The molecule has 3 N–H and O–H groups in total. The van der Waals surface area contributed by atoms with Gasteiger partial charge in [-0.1, -0.05) is 140 Å². The van der Waals surface area contributed by atoms with Crippen LogP contribution < -0.4 is 20.9 Å². The maximum atomic E-state index is 14.5. The highest BCUT2D eigenvalue weighted by Gasteiger charge is 2.32. The predicted molar refractivity (Wildman–Crippen MR) is 244 cm³/mol. The van der Waals surface area contributed by atoms with E-state index in [4.69, 9.17) is 9.73 Å². The van der Waals surface area contributed by atoms with Crippen LogP contribution in [0, 0.1) is 0 Å². The fraction of sp³-hybridized carbons (Fsp3) is 0.275. The molecule has 0 aliphatic heterocycles. The zero-order valence-corrected chi connectivity index (χ0v) is 35.3. The molecule has 5 aromatic carbocycles. The minimum Gasteiger partial charge on any atom is -0.464 e. The molecule has 0 saturated heterocycles. The Bertz CT molecular complexity index is 2160. The number of esters is 1. The number of carbonyl (C=O) groups excluding carboxylic acids is 4. The van der Waals surface area contributed by atoms with Crippen LogP contribution in [0.4, 0.5) is 5.69 Å². The average molecular weight is 820 g/mol. The van der Waals surface area contributed by atoms with E-state index in [1.165, 1.54) is 0 Å². The van der Waals surface area contributed by atoms with Gasteiger partial charge in [-0.25, -0.2) is 4.79 Å². The molecule has 5 rings (SSSR count). The highest BCUT2D eigenvalue weighted by molar-refractivity contribution is 5.95. The Labute approximate surface area is 360 Å². The van der Waals surface area contributed by atoms with Gasteiger partial charge in [0.1, 0.15) is 24.2 Å². The number of nitrogens with one attached hydrogen (secondary N) is 3. The monoisotopic (exact) mass is 819 g/mol. The minimum absolute atomic E-state index is 0.136. The van der Waals surface area contributed by atoms with Crippen LogP contribution in [0.3, 0.4) is 0 Å². The number of nitrogens with zero attached hydrogens (tertiary/aromatic N) is 2. The molecule has 0 unspecified atom stereocenters. The Kier molecular flexibility index (Phi) is 18.0. The van der Waals surface area contributed by atoms with E-state index in [-0.39, 0.29) is 25.9 Å². The number of hydrogen-bond donors (Lipinski definition) is 3. The van der Waals surface area contributed by atoms with E-state index < -0.39 is 47.9 Å². The van der Waals surface area contributed by atoms with E-state index in [9.17, 15) is 19.2 Å². The maximum absolute atomic E-state index is 14.5. The van der Waals surface area contributed by atoms with Gasteiger partial charge >= 0.3 is 5.97 Å². The van der Waals surface area contributed by atoms with Crippen LogP contribution in [0.1, 0.15) is 48.6 Å². The summed E-state index contributed by atoms with van der Waals surface area (Å²) in [5.74, 6) is -2.13. The molecule has 4 atom stereocenters. The van der Waals surface area contributed by atoms with Crippen molar-refractivity contribution in [3.05, 3.63) is 179 Å². The summed E-state index contributed by atoms with van der Waals surface area (Å²) < 4.78 is 5.34. The van der Waals surface area contributed by atoms with E-state index in [2.05, 4.69) is 46.8 Å². The van der Waals surface area contributed by atoms with Crippen molar-refractivity contribution >= 4 is 41.7 Å². The molecule has 0 aromatic heterocycles. The van der Waals surface area contributed by atoms with Crippen molar-refractivity contribution in [1.29, 1.82) is 0 Å². The Morgan fingerprint density at radius 1 is 0.541 bits per heavy atom. The number of allylic oxidation sites excluding steroid dienone is 1. The quantitative estimate of drug-likeness (QED) is 0.0511. The summed E-state index contributed by atoms with van der Waals surface area (Å²) >= 11 is 0. The van der Waals surface area contributed by atoms with E-state index >= 15 is 0 Å². The SMILES string of the molecule is CCOC(=O)[C@H](Cc1ccccc1)NC(=O)[C@H](Cc1ccccc1)NC(=O)[C@H](Cc1ccccc1)NC(=O)[C@H](Cc1ccccc1)N=C/C=C/c1ccc(N(CC)CC)cc1. The van der Waals surface area contributed by atoms with Crippen molar-refractivity contribution < 1.29 is 23.9 Å². The summed E-state index contributed by atoms with van der Waals surface area (Å²) in [6.45, 7) is 7.96. The van der Waals surface area contributed by atoms with E-state index in [1.54, 1.807) is 19.2 Å². The van der Waals surface area contributed by atoms with Gasteiger partial charge in [0.05, 0.1) is 6.61 Å². The summed E-state index contributed by atoms with van der Waals surface area (Å²) in [6, 6.07) is 41.9. The van der Waals surface area contributed by atoms with Crippen LogP contribution in [-0.4, -0.2) is 73.8 Å². The second-order valence-corrected chi connectivity index (χ2v) is 14.6. The molecule has 0 fully saturated rings. The first-order valence-corrected chi connectivity index (χ1v) is 21.0.